The molecule has 0 radical (unpaired) electrons. The number of hydrogen-bond acceptors (Lipinski definition) is 4. The minimum absolute atomic E-state index is 0.113. The number of carbonyl (C=O) groups is 1. The van der Waals surface area contributed by atoms with Crippen molar-refractivity contribution in [3.63, 3.8) is 0 Å². The van der Waals surface area contributed by atoms with Crippen molar-refractivity contribution in [2.75, 3.05) is 25.1 Å². The summed E-state index contributed by atoms with van der Waals surface area (Å²) in [5.74, 6) is 0.483. The number of nitrogens with zero attached hydrogens (tertiary/aromatic N) is 1. The predicted octanol–water partition coefficient (Wildman–Crippen LogP) is 2.34. The molecule has 0 atom stereocenters. The van der Waals surface area contributed by atoms with Gasteiger partial charge in [-0.05, 0) is 42.8 Å². The Morgan fingerprint density at radius 1 is 1.16 bits per heavy atom. The van der Waals surface area contributed by atoms with E-state index in [0.29, 0.717) is 5.75 Å². The van der Waals surface area contributed by atoms with Gasteiger partial charge in [0.2, 0.25) is 15.9 Å². The van der Waals surface area contributed by atoms with Gasteiger partial charge in [0.15, 0.2) is 0 Å². The van der Waals surface area contributed by atoms with Gasteiger partial charge in [-0.15, -0.1) is 0 Å². The summed E-state index contributed by atoms with van der Waals surface area (Å²) in [6, 6.07) is 13.8. The SMILES string of the molecule is COc1ccc(S(=O)(=O)NCCN(C(C)=O)c2ccccc2)cc1C. The Balaban J connectivity index is 2.06. The van der Waals surface area contributed by atoms with E-state index in [2.05, 4.69) is 4.72 Å². The third-order valence-corrected chi connectivity index (χ3v) is 5.21. The first-order chi connectivity index (χ1) is 11.8. The summed E-state index contributed by atoms with van der Waals surface area (Å²) in [6.07, 6.45) is 0. The molecular formula is C18H22N2O4S. The molecule has 0 aliphatic heterocycles. The maximum atomic E-state index is 12.4. The van der Waals surface area contributed by atoms with Crippen LogP contribution >= 0.6 is 0 Å². The summed E-state index contributed by atoms with van der Waals surface area (Å²) in [5, 5.41) is 0. The van der Waals surface area contributed by atoms with Crippen molar-refractivity contribution in [1.29, 1.82) is 0 Å². The smallest absolute Gasteiger partial charge is 0.240 e. The van der Waals surface area contributed by atoms with E-state index in [0.717, 1.165) is 11.3 Å². The van der Waals surface area contributed by atoms with E-state index >= 15 is 0 Å². The molecule has 2 rings (SSSR count). The molecule has 2 aromatic carbocycles. The van der Waals surface area contributed by atoms with E-state index in [1.54, 1.807) is 19.1 Å². The molecule has 0 fully saturated rings. The fourth-order valence-electron chi connectivity index (χ4n) is 2.47. The van der Waals surface area contributed by atoms with Gasteiger partial charge in [-0.3, -0.25) is 4.79 Å². The van der Waals surface area contributed by atoms with Crippen LogP contribution in [0.5, 0.6) is 5.75 Å². The van der Waals surface area contributed by atoms with Crippen LogP contribution in [0.3, 0.4) is 0 Å². The zero-order valence-electron chi connectivity index (χ0n) is 14.5. The van der Waals surface area contributed by atoms with E-state index in [1.165, 1.54) is 25.0 Å². The summed E-state index contributed by atoms with van der Waals surface area (Å²) in [7, 11) is -2.12. The van der Waals surface area contributed by atoms with E-state index in [4.69, 9.17) is 4.74 Å². The molecule has 134 valence electrons. The standard InChI is InChI=1S/C18H22N2O4S/c1-14-13-17(9-10-18(14)24-3)25(22,23)19-11-12-20(15(2)21)16-7-5-4-6-8-16/h4-10,13,19H,11-12H2,1-3H3. The topological polar surface area (TPSA) is 75.7 Å². The fraction of sp³-hybridized carbons (Fsp3) is 0.278. The van der Waals surface area contributed by atoms with Crippen molar-refractivity contribution in [2.45, 2.75) is 18.7 Å². The van der Waals surface area contributed by atoms with Crippen molar-refractivity contribution in [1.82, 2.24) is 4.72 Å². The van der Waals surface area contributed by atoms with Crippen LogP contribution in [0.25, 0.3) is 0 Å². The molecule has 0 aliphatic rings. The molecule has 0 aliphatic carbocycles. The highest BCUT2D eigenvalue weighted by molar-refractivity contribution is 7.89. The lowest BCUT2D eigenvalue weighted by molar-refractivity contribution is -0.116. The number of benzene rings is 2. The third-order valence-electron chi connectivity index (χ3n) is 3.75. The van der Waals surface area contributed by atoms with Gasteiger partial charge in [0.05, 0.1) is 12.0 Å². The van der Waals surface area contributed by atoms with Gasteiger partial charge in [-0.25, -0.2) is 13.1 Å². The van der Waals surface area contributed by atoms with Crippen molar-refractivity contribution < 1.29 is 17.9 Å². The van der Waals surface area contributed by atoms with Crippen molar-refractivity contribution >= 4 is 21.6 Å². The maximum Gasteiger partial charge on any atom is 0.240 e. The van der Waals surface area contributed by atoms with E-state index in [1.807, 2.05) is 30.3 Å². The Bertz CT molecular complexity index is 835. The fourth-order valence-corrected chi connectivity index (χ4v) is 3.58. The first-order valence-electron chi connectivity index (χ1n) is 7.82. The molecule has 2 aromatic rings. The van der Waals surface area contributed by atoms with Gasteiger partial charge in [0.25, 0.3) is 0 Å². The molecule has 0 saturated heterocycles. The number of hydrogen-bond donors (Lipinski definition) is 1. The summed E-state index contributed by atoms with van der Waals surface area (Å²) in [6.45, 7) is 3.59. The Morgan fingerprint density at radius 3 is 2.40 bits per heavy atom. The van der Waals surface area contributed by atoms with E-state index in [9.17, 15) is 13.2 Å². The first-order valence-corrected chi connectivity index (χ1v) is 9.31. The molecule has 0 aromatic heterocycles. The van der Waals surface area contributed by atoms with Gasteiger partial charge < -0.3 is 9.64 Å². The average molecular weight is 362 g/mol. The van der Waals surface area contributed by atoms with Gasteiger partial charge >= 0.3 is 0 Å². The molecular weight excluding hydrogens is 340 g/mol. The van der Waals surface area contributed by atoms with Crippen LogP contribution < -0.4 is 14.4 Å². The number of para-hydroxylation sites is 1. The first kappa shape index (κ1) is 19.0. The van der Waals surface area contributed by atoms with E-state index < -0.39 is 10.0 Å². The second kappa shape index (κ2) is 8.13. The highest BCUT2D eigenvalue weighted by atomic mass is 32.2. The summed E-state index contributed by atoms with van der Waals surface area (Å²) < 4.78 is 32.5. The molecule has 1 amide bonds. The Kier molecular flexibility index (Phi) is 6.17. The van der Waals surface area contributed by atoms with Crippen LogP contribution in [0.15, 0.2) is 53.4 Å². The highest BCUT2D eigenvalue weighted by Crippen LogP contribution is 2.21. The lowest BCUT2D eigenvalue weighted by Crippen LogP contribution is -2.37. The monoisotopic (exact) mass is 362 g/mol. The maximum absolute atomic E-state index is 12.4. The minimum atomic E-state index is -3.65. The molecule has 0 unspecified atom stereocenters. The normalized spacial score (nSPS) is 11.2. The second-order valence-electron chi connectivity index (χ2n) is 5.54. The summed E-state index contributed by atoms with van der Waals surface area (Å²) in [5.41, 5.74) is 1.47. The van der Waals surface area contributed by atoms with Crippen molar-refractivity contribution in [3.8, 4) is 5.75 Å². The van der Waals surface area contributed by atoms with E-state index in [-0.39, 0.29) is 23.9 Å². The summed E-state index contributed by atoms with van der Waals surface area (Å²) >= 11 is 0. The molecule has 1 N–H and O–H groups in total. The number of aryl methyl sites for hydroxylation is 1. The van der Waals surface area contributed by atoms with Crippen molar-refractivity contribution in [3.05, 3.63) is 54.1 Å². The quantitative estimate of drug-likeness (QED) is 0.820. The number of ether oxygens (including phenoxy) is 1. The molecule has 25 heavy (non-hydrogen) atoms. The molecule has 0 saturated carbocycles. The van der Waals surface area contributed by atoms with Crippen LogP contribution in [0, 0.1) is 6.92 Å². The van der Waals surface area contributed by atoms with Crippen LogP contribution in [0.1, 0.15) is 12.5 Å². The minimum Gasteiger partial charge on any atom is -0.496 e. The van der Waals surface area contributed by atoms with Gasteiger partial charge in [0, 0.05) is 25.7 Å². The number of carbonyl (C=O) groups excluding carboxylic acids is 1. The number of sulfonamides is 1. The number of methoxy groups -OCH3 is 1. The number of rotatable bonds is 7. The van der Waals surface area contributed by atoms with Gasteiger partial charge in [-0.2, -0.15) is 0 Å². The number of anilines is 1. The zero-order valence-corrected chi connectivity index (χ0v) is 15.3. The number of nitrogens with one attached hydrogen (secondary N) is 1. The molecule has 6 nitrogen and oxygen atoms in total. The Hall–Kier alpha value is -2.38. The van der Waals surface area contributed by atoms with Crippen molar-refractivity contribution in [2.24, 2.45) is 0 Å². The average Bonchev–Trinajstić information content (AvgIpc) is 2.59. The second-order valence-corrected chi connectivity index (χ2v) is 7.30. The molecule has 0 bridgehead atoms. The van der Waals surface area contributed by atoms with Crippen LogP contribution in [0.4, 0.5) is 5.69 Å². The van der Waals surface area contributed by atoms with Gasteiger partial charge in [0.1, 0.15) is 5.75 Å². The molecule has 7 heteroatoms. The highest BCUT2D eigenvalue weighted by Gasteiger charge is 2.17. The third kappa shape index (κ3) is 4.80. The Labute approximate surface area is 148 Å². The largest absolute Gasteiger partial charge is 0.496 e. The predicted molar refractivity (Wildman–Crippen MR) is 97.4 cm³/mol. The van der Waals surface area contributed by atoms with Crippen LogP contribution in [-0.4, -0.2) is 34.5 Å². The van der Waals surface area contributed by atoms with Crippen LogP contribution in [0.2, 0.25) is 0 Å². The lowest BCUT2D eigenvalue weighted by atomic mass is 10.2. The lowest BCUT2D eigenvalue weighted by Gasteiger charge is -2.21. The molecule has 0 heterocycles. The van der Waals surface area contributed by atoms with Gasteiger partial charge in [-0.1, -0.05) is 18.2 Å². The van der Waals surface area contributed by atoms with Crippen LogP contribution in [-0.2, 0) is 14.8 Å². The molecule has 0 spiro atoms. The summed E-state index contributed by atoms with van der Waals surface area (Å²) in [4.78, 5) is 13.5. The zero-order chi connectivity index (χ0) is 18.4. The number of amides is 1. The Morgan fingerprint density at radius 2 is 1.84 bits per heavy atom.